The highest BCUT2D eigenvalue weighted by Gasteiger charge is 2.55. The molecular formula is C27H33F3N6O3. The average Bonchev–Trinajstić information content (AvgIpc) is 2.90. The second-order valence-corrected chi connectivity index (χ2v) is 11.2. The second-order valence-electron chi connectivity index (χ2n) is 11.2. The van der Waals surface area contributed by atoms with Crippen LogP contribution in [0.2, 0.25) is 0 Å². The average molecular weight is 547 g/mol. The third kappa shape index (κ3) is 6.21. The van der Waals surface area contributed by atoms with Crippen molar-refractivity contribution in [2.24, 2.45) is 23.2 Å². The molecule has 1 heterocycles. The van der Waals surface area contributed by atoms with Crippen molar-refractivity contribution < 1.29 is 28.1 Å². The number of nitriles is 1. The molecule has 210 valence electrons. The summed E-state index contributed by atoms with van der Waals surface area (Å²) in [6.07, 6.45) is 2.03. The Balaban J connectivity index is 1.25. The maximum absolute atomic E-state index is 12.8. The highest BCUT2D eigenvalue weighted by Crippen LogP contribution is 2.60. The van der Waals surface area contributed by atoms with Crippen LogP contribution in [-0.2, 0) is 6.54 Å². The largest absolute Gasteiger partial charge is 0.573 e. The van der Waals surface area contributed by atoms with Gasteiger partial charge in [-0.1, -0.05) is 18.2 Å². The summed E-state index contributed by atoms with van der Waals surface area (Å²) >= 11 is 0. The summed E-state index contributed by atoms with van der Waals surface area (Å²) < 4.78 is 42.4. The van der Waals surface area contributed by atoms with Gasteiger partial charge in [0.05, 0.1) is 25.5 Å². The first-order valence-electron chi connectivity index (χ1n) is 13.3. The number of para-hydroxylation sites is 1. The van der Waals surface area contributed by atoms with Crippen LogP contribution in [0.25, 0.3) is 0 Å². The number of benzene rings is 1. The first-order chi connectivity index (χ1) is 18.7. The van der Waals surface area contributed by atoms with Crippen LogP contribution in [0.5, 0.6) is 5.75 Å². The quantitative estimate of drug-likeness (QED) is 0.287. The molecular weight excluding hydrogens is 513 g/mol. The summed E-state index contributed by atoms with van der Waals surface area (Å²) in [6, 6.07) is 7.94. The predicted octanol–water partition coefficient (Wildman–Crippen LogP) is 3.41. The Morgan fingerprint density at radius 1 is 1.10 bits per heavy atom. The fourth-order valence-electron chi connectivity index (χ4n) is 7.12. The first-order valence-corrected chi connectivity index (χ1v) is 13.3. The number of aliphatic hydroxyl groups is 2. The van der Waals surface area contributed by atoms with Gasteiger partial charge in [-0.3, -0.25) is 0 Å². The molecule has 4 aliphatic rings. The lowest BCUT2D eigenvalue weighted by atomic mass is 9.48. The molecule has 4 saturated carbocycles. The van der Waals surface area contributed by atoms with E-state index in [4.69, 9.17) is 0 Å². The van der Waals surface area contributed by atoms with Gasteiger partial charge in [-0.15, -0.1) is 13.2 Å². The topological polar surface area (TPSA) is 135 Å². The van der Waals surface area contributed by atoms with Gasteiger partial charge in [0, 0.05) is 24.7 Å². The summed E-state index contributed by atoms with van der Waals surface area (Å²) in [4.78, 5) is 8.63. The third-order valence-electron chi connectivity index (χ3n) is 8.44. The van der Waals surface area contributed by atoms with Gasteiger partial charge in [0.25, 0.3) is 0 Å². The molecule has 5 N–H and O–H groups in total. The lowest BCUT2D eigenvalue weighted by Gasteiger charge is -2.60. The van der Waals surface area contributed by atoms with Crippen LogP contribution in [0.15, 0.2) is 30.5 Å². The van der Waals surface area contributed by atoms with E-state index < -0.39 is 6.36 Å². The molecule has 9 nitrogen and oxygen atoms in total. The number of nitrogens with zero attached hydrogens (tertiary/aromatic N) is 3. The lowest BCUT2D eigenvalue weighted by Crippen LogP contribution is -2.61. The number of anilines is 2. The van der Waals surface area contributed by atoms with Crippen LogP contribution in [0.4, 0.5) is 24.9 Å². The van der Waals surface area contributed by atoms with E-state index in [-0.39, 0.29) is 49.0 Å². The molecule has 4 fully saturated rings. The molecule has 0 aliphatic heterocycles. The van der Waals surface area contributed by atoms with Crippen molar-refractivity contribution in [3.63, 3.8) is 0 Å². The van der Waals surface area contributed by atoms with Crippen molar-refractivity contribution in [1.29, 1.82) is 5.26 Å². The van der Waals surface area contributed by atoms with Crippen LogP contribution in [-0.4, -0.2) is 58.4 Å². The minimum Gasteiger partial charge on any atom is -0.405 e. The molecule has 5 atom stereocenters. The minimum atomic E-state index is -4.80. The van der Waals surface area contributed by atoms with E-state index in [9.17, 15) is 28.6 Å². The van der Waals surface area contributed by atoms with E-state index in [1.165, 1.54) is 24.4 Å². The molecule has 12 heteroatoms. The summed E-state index contributed by atoms with van der Waals surface area (Å²) in [6.45, 7) is 0.471. The fourth-order valence-corrected chi connectivity index (χ4v) is 7.12. The Morgan fingerprint density at radius 2 is 1.82 bits per heavy atom. The Labute approximate surface area is 224 Å². The molecule has 4 bridgehead atoms. The Hall–Kier alpha value is -3.14. The Kier molecular flexibility index (Phi) is 7.84. The first kappa shape index (κ1) is 27.4. The van der Waals surface area contributed by atoms with Gasteiger partial charge in [0.15, 0.2) is 0 Å². The lowest BCUT2D eigenvalue weighted by molar-refractivity contribution is -0.274. The van der Waals surface area contributed by atoms with Crippen LogP contribution < -0.4 is 20.7 Å². The predicted molar refractivity (Wildman–Crippen MR) is 137 cm³/mol. The zero-order chi connectivity index (χ0) is 27.6. The van der Waals surface area contributed by atoms with Crippen molar-refractivity contribution in [1.82, 2.24) is 15.3 Å². The monoisotopic (exact) mass is 546 g/mol. The van der Waals surface area contributed by atoms with Crippen molar-refractivity contribution in [3.8, 4) is 11.8 Å². The zero-order valence-electron chi connectivity index (χ0n) is 21.4. The molecule has 0 amide bonds. The van der Waals surface area contributed by atoms with E-state index in [1.54, 1.807) is 6.07 Å². The number of rotatable bonds is 11. The number of aliphatic hydroxyl groups excluding tert-OH is 2. The Morgan fingerprint density at radius 3 is 2.49 bits per heavy atom. The molecule has 1 unspecified atom stereocenters. The highest BCUT2D eigenvalue weighted by molar-refractivity contribution is 5.53. The number of ether oxygens (including phenoxy) is 1. The molecule has 0 spiro atoms. The van der Waals surface area contributed by atoms with Gasteiger partial charge in [-0.25, -0.2) is 4.98 Å². The molecule has 0 saturated heterocycles. The van der Waals surface area contributed by atoms with Gasteiger partial charge < -0.3 is 30.9 Å². The van der Waals surface area contributed by atoms with Crippen LogP contribution in [0.3, 0.4) is 0 Å². The van der Waals surface area contributed by atoms with E-state index in [2.05, 4.69) is 36.7 Å². The molecule has 1 aromatic heterocycles. The van der Waals surface area contributed by atoms with Gasteiger partial charge >= 0.3 is 6.36 Å². The molecule has 4 aliphatic carbocycles. The maximum atomic E-state index is 12.8. The molecule has 39 heavy (non-hydrogen) atoms. The number of halogens is 3. The highest BCUT2D eigenvalue weighted by atomic mass is 19.4. The summed E-state index contributed by atoms with van der Waals surface area (Å²) in [7, 11) is 0. The van der Waals surface area contributed by atoms with E-state index in [0.29, 0.717) is 41.2 Å². The number of hydrogen-bond donors (Lipinski definition) is 5. The van der Waals surface area contributed by atoms with Crippen molar-refractivity contribution in [2.75, 3.05) is 30.4 Å². The van der Waals surface area contributed by atoms with Gasteiger partial charge in [0.1, 0.15) is 23.2 Å². The molecule has 1 aromatic carbocycles. The molecule has 0 radical (unpaired) electrons. The van der Waals surface area contributed by atoms with E-state index in [1.807, 2.05) is 0 Å². The normalized spacial score (nSPS) is 27.4. The molecule has 6 rings (SSSR count). The Bertz CT molecular complexity index is 1190. The van der Waals surface area contributed by atoms with Gasteiger partial charge in [0.2, 0.25) is 5.95 Å². The smallest absolute Gasteiger partial charge is 0.405 e. The second kappa shape index (κ2) is 11.2. The van der Waals surface area contributed by atoms with Gasteiger partial charge in [-0.2, -0.15) is 10.2 Å². The number of hydrogen-bond acceptors (Lipinski definition) is 9. The van der Waals surface area contributed by atoms with E-state index >= 15 is 0 Å². The summed E-state index contributed by atoms with van der Waals surface area (Å²) in [5, 5.41) is 38.5. The molecule has 2 aromatic rings. The maximum Gasteiger partial charge on any atom is 0.573 e. The van der Waals surface area contributed by atoms with Crippen LogP contribution >= 0.6 is 0 Å². The van der Waals surface area contributed by atoms with Crippen molar-refractivity contribution >= 4 is 11.8 Å². The zero-order valence-corrected chi connectivity index (χ0v) is 21.4. The standard InChI is InChI=1S/C27H33F3N6O3/c28-27(29,30)39-22-4-2-1-3-17(22)11-32-25-33-12-20(10-31)24(36-25)34-15-26-7-16-5-18(8-26)23(19(6-16)9-26)35-21(13-37)14-38/h1-4,12,16,18-19,21,23,35,37-38H,5-9,11,13-15H2,(H2,32,33,34,36)/t16?,18-,19+,23-,26-. The number of nitrogens with one attached hydrogen (secondary N) is 3. The SMILES string of the molecule is N#Cc1cnc(NCc2ccccc2OC(F)(F)F)nc1NC[C@]12CC3C[C@H](C1)[C@@H](NC(CO)CO)[C@@H](C3)C2. The van der Waals surface area contributed by atoms with Crippen LogP contribution in [0.1, 0.15) is 43.2 Å². The van der Waals surface area contributed by atoms with Crippen molar-refractivity contribution in [2.45, 2.75) is 57.1 Å². The summed E-state index contributed by atoms with van der Waals surface area (Å²) in [5.74, 6) is 1.85. The number of alkyl halides is 3. The van der Waals surface area contributed by atoms with Gasteiger partial charge in [-0.05, 0) is 61.3 Å². The van der Waals surface area contributed by atoms with Crippen molar-refractivity contribution in [3.05, 3.63) is 41.6 Å². The van der Waals surface area contributed by atoms with E-state index in [0.717, 1.165) is 32.1 Å². The number of aromatic nitrogens is 2. The minimum absolute atomic E-state index is 0.00360. The fraction of sp³-hybridized carbons (Fsp3) is 0.593. The summed E-state index contributed by atoms with van der Waals surface area (Å²) in [5.41, 5.74) is 0.653. The third-order valence-corrected chi connectivity index (χ3v) is 8.44. The van der Waals surface area contributed by atoms with Crippen LogP contribution in [0, 0.1) is 34.5 Å².